The molecule has 0 aliphatic carbocycles. The van der Waals surface area contributed by atoms with Crippen LogP contribution in [0.25, 0.3) is 0 Å². The van der Waals surface area contributed by atoms with Gasteiger partial charge in [0, 0.05) is 18.7 Å². The molecule has 2 aliphatic rings. The highest BCUT2D eigenvalue weighted by molar-refractivity contribution is 8.14. The molecular weight excluding hydrogens is 202 g/mol. The van der Waals surface area contributed by atoms with Crippen LogP contribution in [0.4, 0.5) is 0 Å². The fourth-order valence-electron chi connectivity index (χ4n) is 1.57. The van der Waals surface area contributed by atoms with Gasteiger partial charge in [0.25, 0.3) is 0 Å². The predicted octanol–water partition coefficient (Wildman–Crippen LogP) is -0.577. The molecular formula is C8H11N3O2S. The molecule has 2 aliphatic heterocycles. The molecule has 76 valence electrons. The third-order valence-corrected chi connectivity index (χ3v) is 3.32. The van der Waals surface area contributed by atoms with E-state index in [0.717, 1.165) is 17.5 Å². The van der Waals surface area contributed by atoms with E-state index in [0.29, 0.717) is 6.54 Å². The normalized spacial score (nSPS) is 26.9. The van der Waals surface area contributed by atoms with Gasteiger partial charge in [-0.2, -0.15) is 0 Å². The first-order chi connectivity index (χ1) is 6.68. The van der Waals surface area contributed by atoms with E-state index < -0.39 is 5.91 Å². The molecule has 0 bridgehead atoms. The number of aliphatic imine (C=N–C) groups is 1. The Morgan fingerprint density at radius 2 is 2.43 bits per heavy atom. The van der Waals surface area contributed by atoms with Crippen molar-refractivity contribution in [2.75, 3.05) is 18.8 Å². The van der Waals surface area contributed by atoms with Gasteiger partial charge in [-0.25, -0.2) is 0 Å². The molecule has 0 aromatic carbocycles. The van der Waals surface area contributed by atoms with Gasteiger partial charge in [-0.15, -0.1) is 0 Å². The molecule has 0 spiro atoms. The summed E-state index contributed by atoms with van der Waals surface area (Å²) in [6.45, 7) is 1.16. The smallest absolute Gasteiger partial charge is 0.229 e. The van der Waals surface area contributed by atoms with Crippen molar-refractivity contribution in [1.29, 1.82) is 0 Å². The molecule has 2 rings (SSSR count). The first-order valence-electron chi connectivity index (χ1n) is 4.45. The van der Waals surface area contributed by atoms with E-state index in [9.17, 15) is 9.59 Å². The molecule has 1 saturated heterocycles. The zero-order valence-corrected chi connectivity index (χ0v) is 8.42. The van der Waals surface area contributed by atoms with Crippen LogP contribution in [0.1, 0.15) is 6.42 Å². The number of hydrogen-bond acceptors (Lipinski definition) is 4. The van der Waals surface area contributed by atoms with Gasteiger partial charge in [-0.05, 0) is 0 Å². The fourth-order valence-corrected chi connectivity index (χ4v) is 2.45. The summed E-state index contributed by atoms with van der Waals surface area (Å²) in [6, 6.07) is 0. The van der Waals surface area contributed by atoms with Crippen LogP contribution in [0.3, 0.4) is 0 Å². The average molecular weight is 213 g/mol. The minimum Gasteiger partial charge on any atom is -0.369 e. The molecule has 2 amide bonds. The molecule has 0 radical (unpaired) electrons. The molecule has 2 N–H and O–H groups in total. The van der Waals surface area contributed by atoms with Crippen molar-refractivity contribution in [1.82, 2.24) is 4.90 Å². The summed E-state index contributed by atoms with van der Waals surface area (Å²) in [5, 5.41) is 0.749. The molecule has 14 heavy (non-hydrogen) atoms. The second-order valence-corrected chi connectivity index (χ2v) is 4.38. The summed E-state index contributed by atoms with van der Waals surface area (Å²) in [7, 11) is 0. The molecule has 6 heteroatoms. The maximum absolute atomic E-state index is 11.5. The van der Waals surface area contributed by atoms with Crippen LogP contribution < -0.4 is 5.73 Å². The largest absolute Gasteiger partial charge is 0.369 e. The molecule has 1 fully saturated rings. The summed E-state index contributed by atoms with van der Waals surface area (Å²) < 4.78 is 0. The lowest BCUT2D eigenvalue weighted by Crippen LogP contribution is -2.31. The molecule has 5 nitrogen and oxygen atoms in total. The van der Waals surface area contributed by atoms with E-state index >= 15 is 0 Å². The monoisotopic (exact) mass is 213 g/mol. The number of hydrogen-bond donors (Lipinski definition) is 1. The average Bonchev–Trinajstić information content (AvgIpc) is 2.71. The van der Waals surface area contributed by atoms with Crippen LogP contribution in [0.15, 0.2) is 4.99 Å². The number of likely N-dealkylation sites (tertiary alicyclic amines) is 1. The Labute approximate surface area is 85.7 Å². The predicted molar refractivity (Wildman–Crippen MR) is 53.8 cm³/mol. The van der Waals surface area contributed by atoms with Crippen molar-refractivity contribution in [2.45, 2.75) is 6.42 Å². The van der Waals surface area contributed by atoms with Gasteiger partial charge >= 0.3 is 0 Å². The number of nitrogens with two attached hydrogens (primary N) is 1. The minimum atomic E-state index is -0.399. The zero-order chi connectivity index (χ0) is 10.1. The summed E-state index contributed by atoms with van der Waals surface area (Å²) in [5.41, 5.74) is 5.16. The number of nitrogens with zero attached hydrogens (tertiary/aromatic N) is 2. The summed E-state index contributed by atoms with van der Waals surface area (Å²) in [4.78, 5) is 28.2. The lowest BCUT2D eigenvalue weighted by Gasteiger charge is -2.14. The summed E-state index contributed by atoms with van der Waals surface area (Å²) in [5.74, 6) is 0.137. The Bertz CT molecular complexity index is 316. The van der Waals surface area contributed by atoms with Gasteiger partial charge in [0.15, 0.2) is 5.17 Å². The van der Waals surface area contributed by atoms with Crippen molar-refractivity contribution in [2.24, 2.45) is 16.6 Å². The summed E-state index contributed by atoms with van der Waals surface area (Å²) in [6.07, 6.45) is 0.231. The van der Waals surface area contributed by atoms with Crippen LogP contribution in [0.2, 0.25) is 0 Å². The van der Waals surface area contributed by atoms with Gasteiger partial charge in [0.1, 0.15) is 0 Å². The van der Waals surface area contributed by atoms with E-state index in [2.05, 4.69) is 4.99 Å². The number of primary amides is 1. The Hall–Kier alpha value is -1.04. The standard InChI is InChI=1S/C8H11N3O2S/c9-7(13)5-3-6(12)11(4-5)8-10-1-2-14-8/h5H,1-4H2,(H2,9,13)/t5-/m0/s1. The zero-order valence-electron chi connectivity index (χ0n) is 7.60. The van der Waals surface area contributed by atoms with Gasteiger partial charge in [0.2, 0.25) is 11.8 Å². The van der Waals surface area contributed by atoms with E-state index in [1.807, 2.05) is 0 Å². The van der Waals surface area contributed by atoms with Crippen molar-refractivity contribution in [3.05, 3.63) is 0 Å². The van der Waals surface area contributed by atoms with Crippen molar-refractivity contribution in [3.63, 3.8) is 0 Å². The fraction of sp³-hybridized carbons (Fsp3) is 0.625. The van der Waals surface area contributed by atoms with Gasteiger partial charge in [-0.1, -0.05) is 11.8 Å². The number of carbonyl (C=O) groups excluding carboxylic acids is 2. The van der Waals surface area contributed by atoms with Crippen LogP contribution in [-0.2, 0) is 9.59 Å². The van der Waals surface area contributed by atoms with Crippen LogP contribution >= 0.6 is 11.8 Å². The molecule has 0 unspecified atom stereocenters. The summed E-state index contributed by atoms with van der Waals surface area (Å²) >= 11 is 1.56. The van der Waals surface area contributed by atoms with Crippen LogP contribution in [0.5, 0.6) is 0 Å². The van der Waals surface area contributed by atoms with E-state index in [1.165, 1.54) is 0 Å². The number of amides is 2. The maximum Gasteiger partial charge on any atom is 0.229 e. The van der Waals surface area contributed by atoms with Crippen LogP contribution in [0, 0.1) is 5.92 Å². The molecule has 0 aromatic rings. The van der Waals surface area contributed by atoms with E-state index in [1.54, 1.807) is 16.7 Å². The Morgan fingerprint density at radius 3 is 2.93 bits per heavy atom. The van der Waals surface area contributed by atoms with E-state index in [4.69, 9.17) is 5.73 Å². The molecule has 1 atom stereocenters. The lowest BCUT2D eigenvalue weighted by atomic mass is 10.1. The molecule has 2 heterocycles. The van der Waals surface area contributed by atoms with E-state index in [-0.39, 0.29) is 18.2 Å². The third-order valence-electron chi connectivity index (χ3n) is 2.33. The SMILES string of the molecule is NC(=O)[C@H]1CC(=O)N(C2=NCCS2)C1. The Morgan fingerprint density at radius 1 is 1.64 bits per heavy atom. The quantitative estimate of drug-likeness (QED) is 0.633. The van der Waals surface area contributed by atoms with Crippen LogP contribution in [-0.4, -0.2) is 40.7 Å². The van der Waals surface area contributed by atoms with Crippen molar-refractivity contribution in [3.8, 4) is 0 Å². The number of amidine groups is 1. The Kier molecular flexibility index (Phi) is 2.45. The number of rotatable bonds is 1. The second kappa shape index (κ2) is 3.61. The topological polar surface area (TPSA) is 75.8 Å². The van der Waals surface area contributed by atoms with Gasteiger partial charge in [0.05, 0.1) is 12.5 Å². The third kappa shape index (κ3) is 1.61. The molecule has 0 aromatic heterocycles. The van der Waals surface area contributed by atoms with Crippen molar-refractivity contribution >= 4 is 28.7 Å². The maximum atomic E-state index is 11.5. The van der Waals surface area contributed by atoms with Crippen molar-refractivity contribution < 1.29 is 9.59 Å². The first-order valence-corrected chi connectivity index (χ1v) is 5.44. The second-order valence-electron chi connectivity index (χ2n) is 3.32. The van der Waals surface area contributed by atoms with Gasteiger partial charge < -0.3 is 5.73 Å². The Balaban J connectivity index is 2.07. The molecule has 0 saturated carbocycles. The van der Waals surface area contributed by atoms with Gasteiger partial charge in [-0.3, -0.25) is 19.5 Å². The highest BCUT2D eigenvalue weighted by Crippen LogP contribution is 2.24. The first kappa shape index (κ1) is 9.51. The lowest BCUT2D eigenvalue weighted by molar-refractivity contribution is -0.126. The highest BCUT2D eigenvalue weighted by Gasteiger charge is 2.36. The number of thioether (sulfide) groups is 1. The number of carbonyl (C=O) groups is 2. The minimum absolute atomic E-state index is 0.0399. The highest BCUT2D eigenvalue weighted by atomic mass is 32.2.